The molecule has 5 heterocycles. The van der Waals surface area contributed by atoms with E-state index in [1.165, 1.54) is 0 Å². The molecule has 5 aromatic rings. The molecule has 0 saturated carbocycles. The van der Waals surface area contributed by atoms with Crippen LogP contribution in [-0.2, 0) is 11.8 Å². The first-order valence-corrected chi connectivity index (χ1v) is 16.2. The average Bonchev–Trinajstić information content (AvgIpc) is 3.41. The first-order valence-electron chi connectivity index (χ1n) is 13.2. The number of hydrogen-bond donors (Lipinski definition) is 2. The number of nitrogens with zero attached hydrogens (tertiary/aromatic N) is 8. The van der Waals surface area contributed by atoms with Crippen LogP contribution in [0.2, 0.25) is 0 Å². The van der Waals surface area contributed by atoms with Gasteiger partial charge in [-0.2, -0.15) is 10.1 Å². The molecule has 1 aliphatic heterocycles. The van der Waals surface area contributed by atoms with Crippen LogP contribution in [0.4, 0.5) is 29.0 Å². The highest BCUT2D eigenvalue weighted by Gasteiger charge is 2.21. The summed E-state index contributed by atoms with van der Waals surface area (Å²) < 4.78 is 8.12. The number of morpholine rings is 1. The maximum Gasteiger partial charge on any atom is 0.229 e. The number of anilines is 5. The number of hydrogen-bond acceptors (Lipinski definition) is 10. The van der Waals surface area contributed by atoms with Gasteiger partial charge < -0.3 is 20.3 Å². The second kappa shape index (κ2) is 11.6. The molecule has 0 spiro atoms. The minimum Gasteiger partial charge on any atom is -0.378 e. The monoisotopic (exact) mass is 632 g/mol. The third-order valence-electron chi connectivity index (χ3n) is 6.82. The van der Waals surface area contributed by atoms with Crippen LogP contribution >= 0.6 is 23.9 Å². The van der Waals surface area contributed by atoms with Crippen molar-refractivity contribution in [3.05, 3.63) is 59.3 Å². The first-order chi connectivity index (χ1) is 19.9. The predicted octanol–water partition coefficient (Wildman–Crippen LogP) is 4.98. The lowest BCUT2D eigenvalue weighted by atomic mass is 10.1. The van der Waals surface area contributed by atoms with Crippen molar-refractivity contribution in [2.24, 2.45) is 7.05 Å². The van der Waals surface area contributed by atoms with Crippen molar-refractivity contribution in [1.29, 1.82) is 0 Å². The van der Waals surface area contributed by atoms with Crippen LogP contribution in [0.1, 0.15) is 5.69 Å². The second-order valence-electron chi connectivity index (χ2n) is 9.91. The summed E-state index contributed by atoms with van der Waals surface area (Å²) in [6, 6.07) is 6.12. The SMILES string of the molecule is Cc1nc(N2CCOCC2)c(-c2cnn(C)c2)cc1Nc1ncc(Br)c(Nc2ccc3nccnc3c2P(C)C)n1. The fourth-order valence-electron chi connectivity index (χ4n) is 4.85. The van der Waals surface area contributed by atoms with E-state index in [4.69, 9.17) is 14.7 Å². The Kier molecular flexibility index (Phi) is 7.79. The summed E-state index contributed by atoms with van der Waals surface area (Å²) in [6.07, 6.45) is 9.05. The Labute approximate surface area is 247 Å². The van der Waals surface area contributed by atoms with E-state index in [1.54, 1.807) is 23.3 Å². The van der Waals surface area contributed by atoms with Gasteiger partial charge in [0.1, 0.15) is 11.6 Å². The van der Waals surface area contributed by atoms with Crippen molar-refractivity contribution in [2.75, 3.05) is 55.2 Å². The smallest absolute Gasteiger partial charge is 0.229 e. The molecule has 2 N–H and O–H groups in total. The van der Waals surface area contributed by atoms with Gasteiger partial charge >= 0.3 is 0 Å². The van der Waals surface area contributed by atoms with Gasteiger partial charge in [-0.15, -0.1) is 0 Å². The van der Waals surface area contributed by atoms with E-state index >= 15 is 0 Å². The van der Waals surface area contributed by atoms with Crippen molar-refractivity contribution < 1.29 is 4.74 Å². The Balaban J connectivity index is 1.35. The molecule has 0 amide bonds. The van der Waals surface area contributed by atoms with Gasteiger partial charge in [0.15, 0.2) is 0 Å². The van der Waals surface area contributed by atoms with Crippen LogP contribution in [0, 0.1) is 6.92 Å². The summed E-state index contributed by atoms with van der Waals surface area (Å²) in [7, 11) is 1.44. The Morgan fingerprint density at radius 3 is 2.54 bits per heavy atom. The molecule has 0 unspecified atom stereocenters. The van der Waals surface area contributed by atoms with Gasteiger partial charge in [-0.1, -0.05) is 7.92 Å². The topological polar surface area (TPSA) is 119 Å². The molecular weight excluding hydrogens is 603 g/mol. The standard InChI is InChI=1S/C28H30BrN10OP/c1-17-23(13-19(18-14-33-38(2)16-18)27(34-17)39-9-11-40-12-10-39)36-28-32-15-20(29)26(37-28)35-22-6-5-21-24(25(22)41(3)4)31-8-7-30-21/h5-8,13-16H,9-12H2,1-4H3,(H2,32,35,36,37). The lowest BCUT2D eigenvalue weighted by Gasteiger charge is -2.30. The third-order valence-corrected chi connectivity index (χ3v) is 8.75. The Bertz CT molecular complexity index is 1720. The Morgan fingerprint density at radius 1 is 0.976 bits per heavy atom. The molecule has 0 aliphatic carbocycles. The zero-order valence-electron chi connectivity index (χ0n) is 23.3. The molecule has 6 rings (SSSR count). The van der Waals surface area contributed by atoms with Gasteiger partial charge in [-0.05, 0) is 54.4 Å². The molecule has 41 heavy (non-hydrogen) atoms. The minimum absolute atomic E-state index is 0.453. The molecule has 11 nitrogen and oxygen atoms in total. The van der Waals surface area contributed by atoms with E-state index < -0.39 is 7.92 Å². The molecule has 210 valence electrons. The van der Waals surface area contributed by atoms with Gasteiger partial charge in [0, 0.05) is 67.0 Å². The van der Waals surface area contributed by atoms with Crippen LogP contribution in [0.5, 0.6) is 0 Å². The molecule has 0 bridgehead atoms. The number of pyridine rings is 1. The number of aromatic nitrogens is 7. The quantitative estimate of drug-likeness (QED) is 0.238. The number of halogens is 1. The maximum atomic E-state index is 5.58. The number of benzene rings is 1. The first kappa shape index (κ1) is 27.4. The maximum absolute atomic E-state index is 5.58. The van der Waals surface area contributed by atoms with Crippen molar-refractivity contribution in [3.8, 4) is 11.1 Å². The summed E-state index contributed by atoms with van der Waals surface area (Å²) in [6.45, 7) is 9.35. The van der Waals surface area contributed by atoms with Crippen LogP contribution < -0.4 is 20.8 Å². The van der Waals surface area contributed by atoms with Crippen LogP contribution in [0.3, 0.4) is 0 Å². The second-order valence-corrected chi connectivity index (χ2v) is 13.0. The molecule has 0 atom stereocenters. The molecular formula is C28H30BrN10OP. The summed E-state index contributed by atoms with van der Waals surface area (Å²) >= 11 is 3.62. The fourth-order valence-corrected chi connectivity index (χ4v) is 6.34. The Morgan fingerprint density at radius 2 is 1.78 bits per heavy atom. The zero-order chi connectivity index (χ0) is 28.5. The van der Waals surface area contributed by atoms with E-state index in [1.807, 2.05) is 38.5 Å². The van der Waals surface area contributed by atoms with Gasteiger partial charge in [-0.25, -0.2) is 9.97 Å². The van der Waals surface area contributed by atoms with Gasteiger partial charge in [0.2, 0.25) is 5.95 Å². The van der Waals surface area contributed by atoms with Crippen molar-refractivity contribution in [1.82, 2.24) is 34.7 Å². The van der Waals surface area contributed by atoms with E-state index in [-0.39, 0.29) is 0 Å². The van der Waals surface area contributed by atoms with E-state index in [2.05, 4.69) is 70.9 Å². The molecule has 1 aromatic carbocycles. The van der Waals surface area contributed by atoms with Crippen LogP contribution in [0.15, 0.2) is 53.7 Å². The highest BCUT2D eigenvalue weighted by Crippen LogP contribution is 2.36. The van der Waals surface area contributed by atoms with Crippen molar-refractivity contribution in [2.45, 2.75) is 6.92 Å². The third kappa shape index (κ3) is 5.72. The minimum atomic E-state index is -0.473. The number of fused-ring (bicyclic) bond motifs is 1. The highest BCUT2D eigenvalue weighted by molar-refractivity contribution is 9.10. The Hall–Kier alpha value is -3.73. The molecule has 0 radical (unpaired) electrons. The normalized spacial score (nSPS) is 13.7. The lowest BCUT2D eigenvalue weighted by Crippen LogP contribution is -2.37. The number of nitrogens with one attached hydrogen (secondary N) is 2. The molecule has 1 fully saturated rings. The largest absolute Gasteiger partial charge is 0.378 e. The highest BCUT2D eigenvalue weighted by atomic mass is 79.9. The molecule has 1 aliphatic rings. The van der Waals surface area contributed by atoms with Crippen LogP contribution in [0.25, 0.3) is 22.2 Å². The molecule has 1 saturated heterocycles. The van der Waals surface area contributed by atoms with E-state index in [9.17, 15) is 0 Å². The van der Waals surface area contributed by atoms with Gasteiger partial charge in [-0.3, -0.25) is 14.6 Å². The summed E-state index contributed by atoms with van der Waals surface area (Å²) in [5.74, 6) is 2.02. The number of aryl methyl sites for hydroxylation is 2. The molecule has 13 heteroatoms. The van der Waals surface area contributed by atoms with Crippen molar-refractivity contribution >= 4 is 69.1 Å². The summed E-state index contributed by atoms with van der Waals surface area (Å²) in [5.41, 5.74) is 6.38. The van der Waals surface area contributed by atoms with Crippen LogP contribution in [-0.4, -0.2) is 74.3 Å². The average molecular weight is 633 g/mol. The summed E-state index contributed by atoms with van der Waals surface area (Å²) in [4.78, 5) is 25.8. The predicted molar refractivity (Wildman–Crippen MR) is 168 cm³/mol. The fraction of sp³-hybridized carbons (Fsp3) is 0.286. The van der Waals surface area contributed by atoms with Gasteiger partial charge in [0.05, 0.1) is 46.3 Å². The van der Waals surface area contributed by atoms with E-state index in [0.29, 0.717) is 25.0 Å². The number of rotatable bonds is 7. The van der Waals surface area contributed by atoms with E-state index in [0.717, 1.165) is 67.9 Å². The van der Waals surface area contributed by atoms with Crippen molar-refractivity contribution in [3.63, 3.8) is 0 Å². The summed E-state index contributed by atoms with van der Waals surface area (Å²) in [5, 5.41) is 12.5. The van der Waals surface area contributed by atoms with Gasteiger partial charge in [0.25, 0.3) is 0 Å². The molecule has 4 aromatic heterocycles. The number of ether oxygens (including phenoxy) is 1. The lowest BCUT2D eigenvalue weighted by molar-refractivity contribution is 0.122. The zero-order valence-corrected chi connectivity index (χ0v) is 25.7.